The van der Waals surface area contributed by atoms with E-state index in [2.05, 4.69) is 46.7 Å². The van der Waals surface area contributed by atoms with Crippen LogP contribution >= 0.6 is 0 Å². The maximum Gasteiger partial charge on any atom is 0.160 e. The first-order chi connectivity index (χ1) is 24.5. The zero-order valence-electron chi connectivity index (χ0n) is 28.1. The standard InChI is InChI=1S/C41H40N2O7/c1-42-20-48-36-18-31-30-17-29-25(21-3-10-32-22(15-21)13-14-43-32)7-8-26-33(45)12-9-27(37(26)29)38(30)41-28(6-5-24(19-44)49-41)40(31)50-39(36)23-4-11-34(46)35(16-23)47-2/h3-4,7-13,15-16,24-25,29,36,39,42,44-46H,5-6,14,17-20H2,1-2H3/t24-,25-,29-,36-,39-/m1/s1. The van der Waals surface area contributed by atoms with Crippen LogP contribution < -0.4 is 30.1 Å². The Morgan fingerprint density at radius 2 is 1.80 bits per heavy atom. The highest BCUT2D eigenvalue weighted by molar-refractivity contribution is 5.88. The molecule has 0 spiro atoms. The number of phenols is 2. The van der Waals surface area contributed by atoms with Crippen LogP contribution in [0.4, 0.5) is 0 Å². The molecule has 3 aliphatic heterocycles. The summed E-state index contributed by atoms with van der Waals surface area (Å²) in [5.74, 6) is 2.40. The molecule has 4 aromatic rings. The molecule has 0 saturated heterocycles. The molecule has 256 valence electrons. The second-order valence-corrected chi connectivity index (χ2v) is 13.8. The van der Waals surface area contributed by atoms with Crippen LogP contribution in [-0.4, -0.2) is 61.6 Å². The van der Waals surface area contributed by atoms with E-state index < -0.39 is 6.10 Å². The second-order valence-electron chi connectivity index (χ2n) is 13.8. The third-order valence-corrected chi connectivity index (χ3v) is 11.1. The molecular weight excluding hydrogens is 632 g/mol. The van der Waals surface area contributed by atoms with Crippen molar-refractivity contribution in [1.82, 2.24) is 5.32 Å². The first kappa shape index (κ1) is 31.2. The Morgan fingerprint density at radius 3 is 2.64 bits per heavy atom. The summed E-state index contributed by atoms with van der Waals surface area (Å²) in [5.41, 5.74) is 9.39. The van der Waals surface area contributed by atoms with Crippen molar-refractivity contribution in [2.45, 2.75) is 55.8 Å². The molecular formula is C41H40N2O7. The molecule has 9 rings (SSSR count). The fourth-order valence-corrected chi connectivity index (χ4v) is 8.80. The van der Waals surface area contributed by atoms with Crippen LogP contribution in [0.15, 0.2) is 59.6 Å². The topological polar surface area (TPSA) is 122 Å². The molecule has 0 fully saturated rings. The molecule has 0 aromatic heterocycles. The number of ether oxygens (including phenoxy) is 4. The summed E-state index contributed by atoms with van der Waals surface area (Å²) >= 11 is 0. The fraction of sp³-hybridized carbons (Fsp3) is 0.341. The van der Waals surface area contributed by atoms with Crippen LogP contribution in [0.25, 0.3) is 23.3 Å². The molecule has 9 nitrogen and oxygen atoms in total. The summed E-state index contributed by atoms with van der Waals surface area (Å²) in [7, 11) is 3.39. The van der Waals surface area contributed by atoms with Gasteiger partial charge in [0.2, 0.25) is 0 Å². The van der Waals surface area contributed by atoms with E-state index in [-0.39, 0.29) is 42.1 Å². The zero-order chi connectivity index (χ0) is 34.1. The van der Waals surface area contributed by atoms with Gasteiger partial charge in [0.05, 0.1) is 32.3 Å². The van der Waals surface area contributed by atoms with Gasteiger partial charge < -0.3 is 34.3 Å². The molecule has 4 aromatic carbocycles. The minimum absolute atomic E-state index is 0.0520. The summed E-state index contributed by atoms with van der Waals surface area (Å²) in [4.78, 5) is 4.61. The number of hydrogen-bond donors (Lipinski definition) is 4. The van der Waals surface area contributed by atoms with Gasteiger partial charge in [-0.1, -0.05) is 36.4 Å². The predicted molar refractivity (Wildman–Crippen MR) is 189 cm³/mol. The van der Waals surface area contributed by atoms with Gasteiger partial charge in [0.1, 0.15) is 29.5 Å². The lowest BCUT2D eigenvalue weighted by Crippen LogP contribution is -2.37. The first-order valence-electron chi connectivity index (χ1n) is 17.4. The molecule has 50 heavy (non-hydrogen) atoms. The van der Waals surface area contributed by atoms with Crippen LogP contribution in [0.2, 0.25) is 0 Å². The van der Waals surface area contributed by atoms with Gasteiger partial charge >= 0.3 is 0 Å². The van der Waals surface area contributed by atoms with Gasteiger partial charge in [0, 0.05) is 34.6 Å². The summed E-state index contributed by atoms with van der Waals surface area (Å²) < 4.78 is 25.7. The monoisotopic (exact) mass is 672 g/mol. The highest BCUT2D eigenvalue weighted by atomic mass is 16.6. The molecule has 0 radical (unpaired) electrons. The van der Waals surface area contributed by atoms with E-state index in [4.69, 9.17) is 18.9 Å². The van der Waals surface area contributed by atoms with Crippen LogP contribution in [0.3, 0.4) is 0 Å². The smallest absolute Gasteiger partial charge is 0.160 e. The third kappa shape index (κ3) is 4.82. The maximum atomic E-state index is 11.2. The van der Waals surface area contributed by atoms with E-state index in [1.54, 1.807) is 12.1 Å². The summed E-state index contributed by atoms with van der Waals surface area (Å²) in [6.07, 6.45) is 8.01. The van der Waals surface area contributed by atoms with E-state index in [0.717, 1.165) is 61.4 Å². The Morgan fingerprint density at radius 1 is 0.940 bits per heavy atom. The van der Waals surface area contributed by atoms with Crippen molar-refractivity contribution in [3.8, 4) is 39.9 Å². The highest BCUT2D eigenvalue weighted by Gasteiger charge is 2.44. The van der Waals surface area contributed by atoms with E-state index in [1.807, 2.05) is 25.2 Å². The van der Waals surface area contributed by atoms with E-state index >= 15 is 0 Å². The molecule has 0 saturated carbocycles. The minimum atomic E-state index is -0.471. The van der Waals surface area contributed by atoms with Gasteiger partial charge in [-0.2, -0.15) is 0 Å². The quantitative estimate of drug-likeness (QED) is 0.211. The molecule has 4 N–H and O–H groups in total. The minimum Gasteiger partial charge on any atom is -0.507 e. The number of aromatic hydroxyl groups is 2. The van der Waals surface area contributed by atoms with Crippen molar-refractivity contribution in [2.75, 3.05) is 34.0 Å². The zero-order valence-corrected chi connectivity index (χ0v) is 28.1. The molecule has 9 heteroatoms. The summed E-state index contributed by atoms with van der Waals surface area (Å²) in [6.45, 7) is 0.967. The number of aliphatic hydroxyl groups is 1. The van der Waals surface area contributed by atoms with Crippen molar-refractivity contribution in [2.24, 2.45) is 4.99 Å². The van der Waals surface area contributed by atoms with Gasteiger partial charge in [-0.05, 0) is 95.6 Å². The summed E-state index contributed by atoms with van der Waals surface area (Å²) in [6, 6.07) is 15.7. The molecule has 2 aliphatic carbocycles. The lowest BCUT2D eigenvalue weighted by atomic mass is 9.65. The highest BCUT2D eigenvalue weighted by Crippen LogP contribution is 2.59. The normalized spacial score (nSPS) is 23.5. The van der Waals surface area contributed by atoms with Crippen LogP contribution in [0, 0.1) is 0 Å². The number of methoxy groups -OCH3 is 1. The van der Waals surface area contributed by atoms with Crippen LogP contribution in [0.5, 0.6) is 28.7 Å². The Hall–Kier alpha value is -4.83. The molecule has 3 heterocycles. The predicted octanol–water partition coefficient (Wildman–Crippen LogP) is 4.56. The SMILES string of the molecule is CNCO[C@@H]1Cc2c3c(c4c(c2O[C@@H]1c1ccc(O)c(OC)c1)CC[C@H](CO)O4)-c1ccc(O)c2c1[C@H](C3)[C@@H](c1ccc3c(c1)=CCN=3)C=C2. The molecule has 0 bridgehead atoms. The molecule has 0 amide bonds. The number of allylic oxidation sites excluding steroid dienone is 1. The van der Waals surface area contributed by atoms with Crippen molar-refractivity contribution < 1.29 is 34.3 Å². The number of nitrogens with one attached hydrogen (secondary N) is 1. The molecule has 0 unspecified atom stereocenters. The van der Waals surface area contributed by atoms with Gasteiger partial charge in [-0.25, -0.2) is 0 Å². The van der Waals surface area contributed by atoms with Crippen molar-refractivity contribution in [1.29, 1.82) is 0 Å². The third-order valence-electron chi connectivity index (χ3n) is 11.1. The van der Waals surface area contributed by atoms with E-state index in [0.29, 0.717) is 44.7 Å². The van der Waals surface area contributed by atoms with E-state index in [9.17, 15) is 15.3 Å². The van der Waals surface area contributed by atoms with Crippen molar-refractivity contribution >= 4 is 12.2 Å². The van der Waals surface area contributed by atoms with Crippen LogP contribution in [-0.2, 0) is 24.0 Å². The number of fused-ring (bicyclic) bond motifs is 8. The summed E-state index contributed by atoms with van der Waals surface area (Å²) in [5, 5.41) is 37.1. The second kappa shape index (κ2) is 12.2. The maximum absolute atomic E-state index is 11.2. The van der Waals surface area contributed by atoms with Gasteiger partial charge in [0.15, 0.2) is 17.6 Å². The number of aliphatic hydroxyl groups excluding tert-OH is 1. The number of hydrogen-bond acceptors (Lipinski definition) is 9. The number of benzene rings is 4. The lowest BCUT2D eigenvalue weighted by molar-refractivity contribution is -0.0436. The molecule has 5 atom stereocenters. The average molecular weight is 673 g/mol. The first-order valence-corrected chi connectivity index (χ1v) is 17.4. The fourth-order valence-electron chi connectivity index (χ4n) is 8.80. The van der Waals surface area contributed by atoms with Crippen molar-refractivity contribution in [3.63, 3.8) is 0 Å². The lowest BCUT2D eigenvalue weighted by Gasteiger charge is -2.43. The largest absolute Gasteiger partial charge is 0.507 e. The molecule has 5 aliphatic rings. The Bertz CT molecular complexity index is 2190. The van der Waals surface area contributed by atoms with Gasteiger partial charge in [0.25, 0.3) is 0 Å². The Labute approximate surface area is 290 Å². The average Bonchev–Trinajstić information content (AvgIpc) is 3.63. The Balaban J connectivity index is 1.25. The van der Waals surface area contributed by atoms with E-state index in [1.165, 1.54) is 17.9 Å². The number of rotatable bonds is 7. The van der Waals surface area contributed by atoms with Gasteiger partial charge in [-0.3, -0.25) is 10.3 Å². The van der Waals surface area contributed by atoms with Crippen LogP contribution in [0.1, 0.15) is 63.3 Å². The number of nitrogens with zero attached hydrogens (tertiary/aromatic N) is 1. The Kier molecular flexibility index (Phi) is 7.60. The van der Waals surface area contributed by atoms with Crippen molar-refractivity contribution in [3.05, 3.63) is 104 Å². The number of phenolic OH excluding ortho intramolecular Hbond substituents is 2. The van der Waals surface area contributed by atoms with Gasteiger partial charge in [-0.15, -0.1) is 0 Å².